The average Bonchev–Trinajstić information content (AvgIpc) is 3.03. The van der Waals surface area contributed by atoms with Gasteiger partial charge in [0.1, 0.15) is 5.82 Å². The summed E-state index contributed by atoms with van der Waals surface area (Å²) in [5, 5.41) is 0. The number of benzene rings is 2. The molecule has 136 valence electrons. The molecule has 1 saturated heterocycles. The van der Waals surface area contributed by atoms with Crippen molar-refractivity contribution in [1.82, 2.24) is 0 Å². The zero-order valence-corrected chi connectivity index (χ0v) is 15.9. The quantitative estimate of drug-likeness (QED) is 0.523. The summed E-state index contributed by atoms with van der Waals surface area (Å²) in [5.41, 5.74) is 0.847. The van der Waals surface area contributed by atoms with E-state index in [1.165, 1.54) is 12.1 Å². The Morgan fingerprint density at radius 1 is 1.04 bits per heavy atom. The van der Waals surface area contributed by atoms with E-state index >= 15 is 0 Å². The number of rotatable bonds is 2. The maximum atomic E-state index is 12.2. The Morgan fingerprint density at radius 3 is 2.04 bits per heavy atom. The highest BCUT2D eigenvalue weighted by Crippen LogP contribution is 2.22. The third kappa shape index (κ3) is 8.70. The smallest absolute Gasteiger partial charge is 0.342 e. The fourth-order valence-corrected chi connectivity index (χ4v) is 2.14. The molecule has 1 unspecified atom stereocenters. The molecule has 0 radical (unpaired) electrons. The van der Waals surface area contributed by atoms with E-state index in [1.807, 2.05) is 36.6 Å². The monoisotopic (exact) mass is 364 g/mol. The van der Waals surface area contributed by atoms with Gasteiger partial charge in [0, 0.05) is 4.90 Å². The molecule has 2 aromatic carbocycles. The van der Waals surface area contributed by atoms with Gasteiger partial charge in [-0.05, 0) is 42.0 Å². The van der Waals surface area contributed by atoms with Crippen LogP contribution in [0.5, 0.6) is 0 Å². The Morgan fingerprint density at radius 2 is 1.60 bits per heavy atom. The minimum absolute atomic E-state index is 0.0679. The number of hydrogen-bond acceptors (Lipinski definition) is 4. The van der Waals surface area contributed by atoms with E-state index in [0.29, 0.717) is 0 Å². The van der Waals surface area contributed by atoms with Crippen molar-refractivity contribution in [3.63, 3.8) is 0 Å². The zero-order chi connectivity index (χ0) is 18.7. The van der Waals surface area contributed by atoms with Gasteiger partial charge in [0.25, 0.3) is 0 Å². The van der Waals surface area contributed by atoms with Gasteiger partial charge < -0.3 is 9.47 Å². The maximum Gasteiger partial charge on any atom is 0.342 e. The summed E-state index contributed by atoms with van der Waals surface area (Å²) in [6.07, 6.45) is 1.44. The van der Waals surface area contributed by atoms with E-state index in [0.717, 1.165) is 16.4 Å². The van der Waals surface area contributed by atoms with Gasteiger partial charge in [-0.2, -0.15) is 0 Å². The lowest BCUT2D eigenvalue weighted by atomic mass is 10.1. The van der Waals surface area contributed by atoms with Gasteiger partial charge in [-0.25, -0.2) is 9.18 Å². The van der Waals surface area contributed by atoms with Gasteiger partial charge in [-0.15, -0.1) is 11.8 Å². The third-order valence-corrected chi connectivity index (χ3v) is 3.55. The molecule has 0 spiro atoms. The van der Waals surface area contributed by atoms with Crippen molar-refractivity contribution in [2.75, 3.05) is 13.0 Å². The maximum absolute atomic E-state index is 12.2. The molecule has 1 heterocycles. The molecule has 0 aromatic heterocycles. The number of thioether (sulfide) groups is 1. The molecule has 1 aliphatic heterocycles. The van der Waals surface area contributed by atoms with Crippen LogP contribution in [0.15, 0.2) is 59.5 Å². The molecule has 3 nitrogen and oxygen atoms in total. The molecule has 0 aliphatic carbocycles. The Labute approximate surface area is 153 Å². The van der Waals surface area contributed by atoms with E-state index < -0.39 is 6.10 Å². The first kappa shape index (κ1) is 21.2. The molecule has 2 aromatic rings. The first-order valence-electron chi connectivity index (χ1n) is 8.06. The molecule has 25 heavy (non-hydrogen) atoms. The number of carbonyl (C=O) groups excluding carboxylic acids is 1. The lowest BCUT2D eigenvalue weighted by Crippen LogP contribution is -2.06. The van der Waals surface area contributed by atoms with Crippen molar-refractivity contribution in [3.05, 3.63) is 66.0 Å². The lowest BCUT2D eigenvalue weighted by Gasteiger charge is -2.03. The number of cyclic esters (lactones) is 1. The van der Waals surface area contributed by atoms with Crippen molar-refractivity contribution >= 4 is 17.7 Å². The lowest BCUT2D eigenvalue weighted by molar-refractivity contribution is -0.139. The molecule has 3 rings (SSSR count). The number of hydrogen-bond donors (Lipinski definition) is 0. The summed E-state index contributed by atoms with van der Waals surface area (Å²) in [4.78, 5) is 12.1. The highest BCUT2D eigenvalue weighted by molar-refractivity contribution is 7.98. The molecule has 0 N–H and O–H groups in total. The number of esters is 1. The minimum atomic E-state index is -0.522. The van der Waals surface area contributed by atoms with Gasteiger partial charge in [-0.3, -0.25) is 0 Å². The molecular weight excluding hydrogens is 339 g/mol. The van der Waals surface area contributed by atoms with Crippen molar-refractivity contribution in [2.45, 2.75) is 31.8 Å². The molecular formula is C20H25FO3S. The van der Waals surface area contributed by atoms with E-state index in [4.69, 9.17) is 4.74 Å². The van der Waals surface area contributed by atoms with Crippen molar-refractivity contribution in [3.8, 4) is 0 Å². The predicted octanol–water partition coefficient (Wildman–Crippen LogP) is 5.47. The third-order valence-electron chi connectivity index (χ3n) is 2.80. The van der Waals surface area contributed by atoms with E-state index in [2.05, 4.69) is 25.5 Å². The molecule has 0 amide bonds. The van der Waals surface area contributed by atoms with Crippen LogP contribution in [-0.4, -0.2) is 19.0 Å². The van der Waals surface area contributed by atoms with Gasteiger partial charge in [-0.1, -0.05) is 51.1 Å². The highest BCUT2D eigenvalue weighted by atomic mass is 32.2. The molecule has 1 aliphatic rings. The Bertz CT molecular complexity index is 612. The van der Waals surface area contributed by atoms with Gasteiger partial charge in [0.15, 0.2) is 12.9 Å². The Balaban J connectivity index is 0.000000213. The molecule has 1 fully saturated rings. The highest BCUT2D eigenvalue weighted by Gasteiger charge is 2.28. The molecule has 1 atom stereocenters. The summed E-state index contributed by atoms with van der Waals surface area (Å²) in [7, 11) is 0. The van der Waals surface area contributed by atoms with Gasteiger partial charge in [0.2, 0.25) is 0 Å². The second kappa shape index (κ2) is 11.7. The first-order valence-corrected chi connectivity index (χ1v) is 9.29. The summed E-state index contributed by atoms with van der Waals surface area (Å²) in [6.45, 7) is 6.57. The van der Waals surface area contributed by atoms with Crippen molar-refractivity contribution in [1.29, 1.82) is 0 Å². The van der Waals surface area contributed by atoms with Crippen LogP contribution < -0.4 is 0 Å². The number of carbonyl (C=O) groups is 1. The standard InChI is InChI=1S/C9H8O3.C7H7FS.C4H10/c10-9-8(11-6-12-9)7-4-2-1-3-5-7;1-9-7-4-2-6(8)3-5-7;1-4(2)3/h1-5,8H,6H2;2-5H,1H3;4H,1-3H3. The van der Waals surface area contributed by atoms with Crippen LogP contribution in [0.4, 0.5) is 4.39 Å². The minimum Gasteiger partial charge on any atom is -0.436 e. The summed E-state index contributed by atoms with van der Waals surface area (Å²) in [5.74, 6) is 0.356. The summed E-state index contributed by atoms with van der Waals surface area (Å²) >= 11 is 1.61. The topological polar surface area (TPSA) is 35.5 Å². The van der Waals surface area contributed by atoms with Crippen LogP contribution >= 0.6 is 11.8 Å². The fourth-order valence-electron chi connectivity index (χ4n) is 1.73. The summed E-state index contributed by atoms with van der Waals surface area (Å²) < 4.78 is 22.0. The normalized spacial score (nSPS) is 15.6. The van der Waals surface area contributed by atoms with Crippen LogP contribution in [0.1, 0.15) is 32.4 Å². The van der Waals surface area contributed by atoms with Crippen molar-refractivity contribution < 1.29 is 18.7 Å². The van der Waals surface area contributed by atoms with Crippen LogP contribution in [0.3, 0.4) is 0 Å². The van der Waals surface area contributed by atoms with Crippen molar-refractivity contribution in [2.24, 2.45) is 5.92 Å². The van der Waals surface area contributed by atoms with E-state index in [1.54, 1.807) is 23.9 Å². The Hall–Kier alpha value is -1.85. The van der Waals surface area contributed by atoms with Crippen LogP contribution in [0.2, 0.25) is 0 Å². The first-order chi connectivity index (χ1) is 11.9. The second-order valence-electron chi connectivity index (χ2n) is 5.93. The molecule has 0 saturated carbocycles. The van der Waals surface area contributed by atoms with Crippen LogP contribution in [0.25, 0.3) is 0 Å². The van der Waals surface area contributed by atoms with Crippen LogP contribution in [-0.2, 0) is 14.3 Å². The number of ether oxygens (including phenoxy) is 2. The zero-order valence-electron chi connectivity index (χ0n) is 15.1. The molecule has 0 bridgehead atoms. The number of halogens is 1. The summed E-state index contributed by atoms with van der Waals surface area (Å²) in [6, 6.07) is 15.8. The van der Waals surface area contributed by atoms with Gasteiger partial charge >= 0.3 is 5.97 Å². The fraction of sp³-hybridized carbons (Fsp3) is 0.350. The van der Waals surface area contributed by atoms with Crippen LogP contribution in [0, 0.1) is 11.7 Å². The van der Waals surface area contributed by atoms with E-state index in [9.17, 15) is 9.18 Å². The second-order valence-corrected chi connectivity index (χ2v) is 6.81. The van der Waals surface area contributed by atoms with E-state index in [-0.39, 0.29) is 18.6 Å². The molecule has 5 heteroatoms. The average molecular weight is 364 g/mol. The Kier molecular flexibility index (Phi) is 9.88. The van der Waals surface area contributed by atoms with Gasteiger partial charge in [0.05, 0.1) is 0 Å². The predicted molar refractivity (Wildman–Crippen MR) is 99.9 cm³/mol. The SMILES string of the molecule is CC(C)C.CSc1ccc(F)cc1.O=C1OCOC1c1ccccc1. The largest absolute Gasteiger partial charge is 0.436 e.